The number of halogens is 4. The van der Waals surface area contributed by atoms with Crippen molar-refractivity contribution in [1.82, 2.24) is 9.62 Å². The molecule has 4 atom stereocenters. The Bertz CT molecular complexity index is 1860. The number of ether oxygens (including phenoxy) is 1. The van der Waals surface area contributed by atoms with E-state index in [0.717, 1.165) is 18.2 Å². The van der Waals surface area contributed by atoms with E-state index < -0.39 is 63.2 Å². The third kappa shape index (κ3) is 8.47. The summed E-state index contributed by atoms with van der Waals surface area (Å²) in [6.07, 6.45) is 0.261. The average molecular weight is 699 g/mol. The van der Waals surface area contributed by atoms with E-state index in [1.165, 1.54) is 66.0 Å². The highest BCUT2D eigenvalue weighted by molar-refractivity contribution is 7.89. The fourth-order valence-corrected chi connectivity index (χ4v) is 8.16. The number of hydrogen-bond acceptors (Lipinski definition) is 6. The molecule has 1 unspecified atom stereocenters. The van der Waals surface area contributed by atoms with E-state index in [4.69, 9.17) is 10.5 Å². The highest BCUT2D eigenvalue weighted by Crippen LogP contribution is 2.30. The van der Waals surface area contributed by atoms with Crippen LogP contribution in [0.4, 0.5) is 23.2 Å². The van der Waals surface area contributed by atoms with Crippen LogP contribution in [-0.2, 0) is 27.7 Å². The highest BCUT2D eigenvalue weighted by Gasteiger charge is 2.38. The van der Waals surface area contributed by atoms with Crippen LogP contribution in [0.15, 0.2) is 89.8 Å². The van der Waals surface area contributed by atoms with Gasteiger partial charge in [-0.2, -0.15) is 4.31 Å². The number of nitrogens with one attached hydrogen (secondary N) is 2. The van der Waals surface area contributed by atoms with Crippen LogP contribution in [0.5, 0.6) is 5.75 Å². The molecular formula is C36H38F4N4O4S. The Morgan fingerprint density at radius 2 is 1.63 bits per heavy atom. The maximum absolute atomic E-state index is 15.4. The third-order valence-corrected chi connectivity index (χ3v) is 10.8. The molecule has 4 aromatic rings. The Morgan fingerprint density at radius 3 is 2.29 bits per heavy atom. The molecule has 4 aromatic carbocycles. The molecule has 49 heavy (non-hydrogen) atoms. The van der Waals surface area contributed by atoms with Gasteiger partial charge in [0, 0.05) is 48.4 Å². The van der Waals surface area contributed by atoms with Crippen molar-refractivity contribution in [3.8, 4) is 5.75 Å². The molecule has 0 aliphatic carbocycles. The van der Waals surface area contributed by atoms with Crippen LogP contribution in [0.25, 0.3) is 0 Å². The zero-order chi connectivity index (χ0) is 35.3. The van der Waals surface area contributed by atoms with Crippen LogP contribution >= 0.6 is 0 Å². The van der Waals surface area contributed by atoms with Gasteiger partial charge in [0.1, 0.15) is 29.0 Å². The van der Waals surface area contributed by atoms with Gasteiger partial charge in [0.25, 0.3) is 0 Å². The molecule has 13 heteroatoms. The molecule has 1 fully saturated rings. The minimum atomic E-state index is -3.92. The number of amides is 1. The number of hydrogen-bond donors (Lipinski definition) is 3. The summed E-state index contributed by atoms with van der Waals surface area (Å²) in [5, 5.41) is 5.96. The second-order valence-electron chi connectivity index (χ2n) is 12.1. The van der Waals surface area contributed by atoms with Crippen LogP contribution in [0.3, 0.4) is 0 Å². The van der Waals surface area contributed by atoms with E-state index in [0.29, 0.717) is 24.4 Å². The smallest absolute Gasteiger partial charge is 0.243 e. The average Bonchev–Trinajstić information content (AvgIpc) is 3.06. The third-order valence-electron chi connectivity index (χ3n) is 8.77. The van der Waals surface area contributed by atoms with Gasteiger partial charge in [0.05, 0.1) is 18.0 Å². The lowest BCUT2D eigenvalue weighted by atomic mass is 9.85. The highest BCUT2D eigenvalue weighted by atomic mass is 32.2. The Hall–Kier alpha value is -4.30. The van der Waals surface area contributed by atoms with Gasteiger partial charge in [0.15, 0.2) is 0 Å². The topological polar surface area (TPSA) is 114 Å². The van der Waals surface area contributed by atoms with Crippen LogP contribution in [0, 0.1) is 23.3 Å². The maximum atomic E-state index is 15.4. The lowest BCUT2D eigenvalue weighted by molar-refractivity contribution is -0.117. The quantitative estimate of drug-likeness (QED) is 0.168. The largest absolute Gasteiger partial charge is 0.497 e. The lowest BCUT2D eigenvalue weighted by Crippen LogP contribution is -2.58. The first-order valence-electron chi connectivity index (χ1n) is 15.8. The van der Waals surface area contributed by atoms with Gasteiger partial charge in [-0.05, 0) is 98.0 Å². The van der Waals surface area contributed by atoms with Gasteiger partial charge in [-0.3, -0.25) is 4.79 Å². The Labute approximate surface area is 283 Å². The van der Waals surface area contributed by atoms with E-state index in [2.05, 4.69) is 10.6 Å². The van der Waals surface area contributed by atoms with Crippen LogP contribution in [0.2, 0.25) is 0 Å². The van der Waals surface area contributed by atoms with Crippen molar-refractivity contribution in [1.29, 1.82) is 0 Å². The summed E-state index contributed by atoms with van der Waals surface area (Å²) < 4.78 is 91.4. The molecule has 1 aliphatic rings. The second-order valence-corrected chi connectivity index (χ2v) is 14.0. The molecule has 1 heterocycles. The molecule has 0 radical (unpaired) electrons. The van der Waals surface area contributed by atoms with Crippen molar-refractivity contribution in [2.75, 3.05) is 25.5 Å². The number of nitrogens with zero attached hydrogens (tertiary/aromatic N) is 1. The van der Waals surface area contributed by atoms with Crippen molar-refractivity contribution >= 4 is 21.6 Å². The van der Waals surface area contributed by atoms with E-state index in [-0.39, 0.29) is 41.0 Å². The molecule has 0 spiro atoms. The number of carbonyl (C=O) groups excluding carboxylic acids is 1. The first-order valence-corrected chi connectivity index (χ1v) is 17.2. The minimum Gasteiger partial charge on any atom is -0.497 e. The van der Waals surface area contributed by atoms with Crippen molar-refractivity contribution in [2.45, 2.75) is 55.1 Å². The van der Waals surface area contributed by atoms with E-state index >= 15 is 4.39 Å². The summed E-state index contributed by atoms with van der Waals surface area (Å²) in [4.78, 5) is 13.7. The Morgan fingerprint density at radius 1 is 0.959 bits per heavy atom. The predicted molar refractivity (Wildman–Crippen MR) is 179 cm³/mol. The molecule has 5 rings (SSSR count). The summed E-state index contributed by atoms with van der Waals surface area (Å²) in [6.45, 7) is 2.56. The summed E-state index contributed by atoms with van der Waals surface area (Å²) >= 11 is 0. The first kappa shape index (κ1) is 36.0. The normalized spacial score (nSPS) is 18.1. The molecule has 1 saturated heterocycles. The standard InChI is InChI=1S/C36H38F4N4O4S/c1-22-20-42-21-28(44(22)49(46,47)30-13-11-29(48-2)12-14-30)10-15-31-33(40)4-3-5-34(31)43-36(45)35(41)32(24-6-8-25(37)9-7-24)18-23-16-26(38)19-27(39)17-23/h3-9,11-14,16-17,19,22,28,32,35,42H,10,15,18,20-21,41H2,1-2H3,(H,43,45)/t22-,28+,32?,35+/m1/s1. The molecular weight excluding hydrogens is 660 g/mol. The first-order chi connectivity index (χ1) is 23.4. The lowest BCUT2D eigenvalue weighted by Gasteiger charge is -2.40. The van der Waals surface area contributed by atoms with Gasteiger partial charge < -0.3 is 21.1 Å². The van der Waals surface area contributed by atoms with Crippen LogP contribution < -0.4 is 21.1 Å². The van der Waals surface area contributed by atoms with Crippen molar-refractivity contribution in [2.24, 2.45) is 5.73 Å². The number of anilines is 1. The van der Waals surface area contributed by atoms with Crippen molar-refractivity contribution < 1.29 is 35.5 Å². The van der Waals surface area contributed by atoms with Gasteiger partial charge in [-0.25, -0.2) is 26.0 Å². The van der Waals surface area contributed by atoms with Crippen molar-refractivity contribution in [3.05, 3.63) is 125 Å². The molecule has 1 aliphatic heterocycles. The van der Waals surface area contributed by atoms with Crippen LogP contribution in [0.1, 0.15) is 36.0 Å². The maximum Gasteiger partial charge on any atom is 0.243 e. The molecule has 260 valence electrons. The zero-order valence-corrected chi connectivity index (χ0v) is 27.8. The number of rotatable bonds is 12. The number of carbonyl (C=O) groups is 1. The molecule has 1 amide bonds. The summed E-state index contributed by atoms with van der Waals surface area (Å²) in [5.41, 5.74) is 7.48. The SMILES string of the molecule is COc1ccc(S(=O)(=O)N2[C@@H](CCc3c(F)cccc3NC(=O)[C@@H](N)C(Cc3cc(F)cc(F)c3)c3ccc(F)cc3)CNC[C@H]2C)cc1. The predicted octanol–water partition coefficient (Wildman–Crippen LogP) is 5.53. The van der Waals surface area contributed by atoms with Gasteiger partial charge in [0.2, 0.25) is 15.9 Å². The molecule has 0 bridgehead atoms. The van der Waals surface area contributed by atoms with E-state index in [1.54, 1.807) is 19.1 Å². The fraction of sp³-hybridized carbons (Fsp3) is 0.306. The monoisotopic (exact) mass is 698 g/mol. The zero-order valence-electron chi connectivity index (χ0n) is 27.0. The number of benzene rings is 4. The Kier molecular flexibility index (Phi) is 11.4. The Balaban J connectivity index is 1.37. The number of methoxy groups -OCH3 is 1. The van der Waals surface area contributed by atoms with E-state index in [9.17, 15) is 26.4 Å². The van der Waals surface area contributed by atoms with E-state index in [1.807, 2.05) is 0 Å². The molecule has 4 N–H and O–H groups in total. The summed E-state index contributed by atoms with van der Waals surface area (Å²) in [6, 6.07) is 16.4. The molecule has 0 aromatic heterocycles. The second kappa shape index (κ2) is 15.5. The fourth-order valence-electron chi connectivity index (χ4n) is 6.31. The number of sulfonamides is 1. The van der Waals surface area contributed by atoms with Crippen molar-refractivity contribution in [3.63, 3.8) is 0 Å². The van der Waals surface area contributed by atoms with Gasteiger partial charge in [-0.1, -0.05) is 18.2 Å². The number of piperazine rings is 1. The summed E-state index contributed by atoms with van der Waals surface area (Å²) in [5.74, 6) is -3.72. The summed E-state index contributed by atoms with van der Waals surface area (Å²) in [7, 11) is -2.43. The molecule has 0 saturated carbocycles. The van der Waals surface area contributed by atoms with Gasteiger partial charge >= 0.3 is 0 Å². The molecule has 8 nitrogen and oxygen atoms in total. The minimum absolute atomic E-state index is 0.0454. The van der Waals surface area contributed by atoms with Gasteiger partial charge in [-0.15, -0.1) is 0 Å². The number of nitrogens with two attached hydrogens (primary N) is 1. The van der Waals surface area contributed by atoms with Crippen LogP contribution in [-0.4, -0.2) is 57.0 Å².